The van der Waals surface area contributed by atoms with Crippen molar-refractivity contribution in [1.82, 2.24) is 19.5 Å². The fourth-order valence-corrected chi connectivity index (χ4v) is 3.85. The van der Waals surface area contributed by atoms with Crippen LogP contribution in [-0.4, -0.2) is 37.4 Å². The monoisotopic (exact) mass is 407 g/mol. The minimum absolute atomic E-state index is 0.0676. The lowest BCUT2D eigenvalue weighted by molar-refractivity contribution is 0.156. The van der Waals surface area contributed by atoms with Crippen LogP contribution < -0.4 is 5.56 Å². The van der Waals surface area contributed by atoms with Crippen LogP contribution >= 0.6 is 12.2 Å². The van der Waals surface area contributed by atoms with E-state index in [0.29, 0.717) is 5.69 Å². The lowest BCUT2D eigenvalue weighted by Crippen LogP contribution is -2.29. The van der Waals surface area contributed by atoms with Gasteiger partial charge in [0, 0.05) is 18.9 Å². The first-order valence-electron chi connectivity index (χ1n) is 9.49. The van der Waals surface area contributed by atoms with Gasteiger partial charge in [0.05, 0.1) is 17.9 Å². The molecule has 4 rings (SSSR count). The van der Waals surface area contributed by atoms with Crippen molar-refractivity contribution < 1.29 is 5.11 Å². The Hall–Kier alpha value is -3.26. The van der Waals surface area contributed by atoms with Gasteiger partial charge in [0.1, 0.15) is 5.56 Å². The number of hydrazone groups is 1. The van der Waals surface area contributed by atoms with Crippen LogP contribution in [0.4, 0.5) is 0 Å². The zero-order valence-corrected chi connectivity index (χ0v) is 16.5. The van der Waals surface area contributed by atoms with Crippen LogP contribution in [-0.2, 0) is 0 Å². The van der Waals surface area contributed by atoms with Gasteiger partial charge in [-0.3, -0.25) is 24.3 Å². The summed E-state index contributed by atoms with van der Waals surface area (Å²) in [5.74, 6) is -0.233. The summed E-state index contributed by atoms with van der Waals surface area (Å²) in [6.45, 7) is 0.770. The molecule has 0 unspecified atom stereocenters. The van der Waals surface area contributed by atoms with Crippen molar-refractivity contribution in [3.63, 3.8) is 0 Å². The van der Waals surface area contributed by atoms with Crippen molar-refractivity contribution in [2.24, 2.45) is 5.10 Å². The summed E-state index contributed by atoms with van der Waals surface area (Å²) in [4.78, 5) is 19.3. The van der Waals surface area contributed by atoms with Gasteiger partial charge in [0.15, 0.2) is 4.77 Å². The zero-order valence-electron chi connectivity index (χ0n) is 15.7. The molecule has 0 radical (unpaired) electrons. The summed E-state index contributed by atoms with van der Waals surface area (Å²) < 4.78 is 1.55. The lowest BCUT2D eigenvalue weighted by Gasteiger charge is -2.33. The van der Waals surface area contributed by atoms with Crippen LogP contribution in [0, 0.1) is 4.77 Å². The molecule has 3 heterocycles. The van der Waals surface area contributed by atoms with Gasteiger partial charge in [-0.1, -0.05) is 24.3 Å². The molecule has 1 saturated heterocycles. The minimum Gasteiger partial charge on any atom is -0.494 e. The molecule has 7 nitrogen and oxygen atoms in total. The van der Waals surface area contributed by atoms with Gasteiger partial charge in [-0.2, -0.15) is 5.10 Å². The topological polar surface area (TPSA) is 86.5 Å². The van der Waals surface area contributed by atoms with Crippen LogP contribution in [0.2, 0.25) is 0 Å². The number of benzene rings is 1. The highest BCUT2D eigenvalue weighted by atomic mass is 32.1. The van der Waals surface area contributed by atoms with Gasteiger partial charge in [0.2, 0.25) is 5.88 Å². The van der Waals surface area contributed by atoms with E-state index >= 15 is 0 Å². The van der Waals surface area contributed by atoms with Crippen LogP contribution in [0.15, 0.2) is 64.8 Å². The van der Waals surface area contributed by atoms with Gasteiger partial charge in [-0.25, -0.2) is 0 Å². The third-order valence-electron chi connectivity index (χ3n) is 5.01. The number of piperidine rings is 1. The third kappa shape index (κ3) is 3.97. The van der Waals surface area contributed by atoms with Crippen molar-refractivity contribution in [3.05, 3.63) is 81.1 Å². The Morgan fingerprint density at radius 2 is 2.03 bits per heavy atom. The Morgan fingerprint density at radius 1 is 1.21 bits per heavy atom. The van der Waals surface area contributed by atoms with E-state index in [0.717, 1.165) is 31.4 Å². The largest absolute Gasteiger partial charge is 0.494 e. The maximum Gasteiger partial charge on any atom is 0.264 e. The average molecular weight is 407 g/mol. The number of para-hydroxylation sites is 1. The summed E-state index contributed by atoms with van der Waals surface area (Å²) in [7, 11) is 0. The number of nitrogens with zero attached hydrogens (tertiary/aromatic N) is 4. The fraction of sp³-hybridized carbons (Fsp3) is 0.238. The van der Waals surface area contributed by atoms with Crippen molar-refractivity contribution in [1.29, 1.82) is 0 Å². The molecule has 1 aliphatic rings. The van der Waals surface area contributed by atoms with E-state index in [1.807, 2.05) is 41.5 Å². The molecule has 1 atom stereocenters. The van der Waals surface area contributed by atoms with E-state index < -0.39 is 5.56 Å². The molecule has 2 aromatic heterocycles. The second-order valence-corrected chi connectivity index (χ2v) is 7.26. The van der Waals surface area contributed by atoms with Gasteiger partial charge >= 0.3 is 0 Å². The predicted molar refractivity (Wildman–Crippen MR) is 114 cm³/mol. The number of aromatic hydroxyl groups is 1. The van der Waals surface area contributed by atoms with E-state index in [4.69, 9.17) is 12.2 Å². The first-order chi connectivity index (χ1) is 14.1. The smallest absolute Gasteiger partial charge is 0.264 e. The SMILES string of the molecule is O=c1[nH]c(=S)n(-c2ccccc2)c(O)c1C=NN1CCCC[C@H]1c1cccnc1. The summed E-state index contributed by atoms with van der Waals surface area (Å²) in [6, 6.07) is 13.2. The Kier molecular flexibility index (Phi) is 5.53. The molecule has 1 aliphatic heterocycles. The number of H-pyrrole nitrogens is 1. The summed E-state index contributed by atoms with van der Waals surface area (Å²) >= 11 is 5.25. The minimum atomic E-state index is -0.474. The van der Waals surface area contributed by atoms with Gasteiger partial charge in [-0.05, 0) is 55.2 Å². The number of aromatic amines is 1. The highest BCUT2D eigenvalue weighted by Crippen LogP contribution is 2.30. The zero-order chi connectivity index (χ0) is 20.2. The lowest BCUT2D eigenvalue weighted by atomic mass is 9.98. The van der Waals surface area contributed by atoms with E-state index in [2.05, 4.69) is 15.1 Å². The van der Waals surface area contributed by atoms with E-state index in [-0.39, 0.29) is 22.3 Å². The quantitative estimate of drug-likeness (QED) is 0.510. The number of pyridine rings is 1. The van der Waals surface area contributed by atoms with Crippen molar-refractivity contribution >= 4 is 18.4 Å². The molecule has 1 aromatic carbocycles. The molecule has 29 heavy (non-hydrogen) atoms. The number of hydrogen-bond acceptors (Lipinski definition) is 6. The van der Waals surface area contributed by atoms with E-state index in [1.54, 1.807) is 18.3 Å². The van der Waals surface area contributed by atoms with Crippen LogP contribution in [0.25, 0.3) is 5.69 Å². The molecule has 1 fully saturated rings. The number of hydrogen-bond donors (Lipinski definition) is 2. The van der Waals surface area contributed by atoms with E-state index in [1.165, 1.54) is 10.8 Å². The molecule has 2 N–H and O–H groups in total. The molecule has 3 aromatic rings. The van der Waals surface area contributed by atoms with E-state index in [9.17, 15) is 9.90 Å². The van der Waals surface area contributed by atoms with Gasteiger partial charge in [0.25, 0.3) is 5.56 Å². The van der Waals surface area contributed by atoms with Gasteiger partial charge < -0.3 is 5.11 Å². The Balaban J connectivity index is 1.71. The standard InChI is InChI=1S/C21H21N5O2S/c27-19-17(20(28)26(21(29)24-19)16-8-2-1-3-9-16)14-23-25-12-5-4-10-18(25)15-7-6-11-22-13-15/h1-3,6-9,11,13-14,18,28H,4-5,10,12H2,(H,24,27,29)/t18-/m0/s1. The number of rotatable bonds is 4. The summed E-state index contributed by atoms with van der Waals surface area (Å²) in [5.41, 5.74) is 1.34. The molecular formula is C21H21N5O2S. The molecule has 148 valence electrons. The molecule has 0 amide bonds. The average Bonchev–Trinajstić information content (AvgIpc) is 2.75. The Morgan fingerprint density at radius 3 is 2.79 bits per heavy atom. The van der Waals surface area contributed by atoms with Crippen molar-refractivity contribution in [3.8, 4) is 11.6 Å². The van der Waals surface area contributed by atoms with Gasteiger partial charge in [-0.15, -0.1) is 0 Å². The molecule has 0 saturated carbocycles. The number of aromatic nitrogens is 3. The normalized spacial score (nSPS) is 17.0. The third-order valence-corrected chi connectivity index (χ3v) is 5.30. The molecule has 0 spiro atoms. The molecule has 8 heteroatoms. The maximum atomic E-state index is 12.5. The summed E-state index contributed by atoms with van der Waals surface area (Å²) in [6.07, 6.45) is 8.09. The number of nitrogens with one attached hydrogen (secondary N) is 1. The fourth-order valence-electron chi connectivity index (χ4n) is 3.57. The second kappa shape index (κ2) is 8.40. The molecule has 0 bridgehead atoms. The Bertz CT molecular complexity index is 1130. The first-order valence-corrected chi connectivity index (χ1v) is 9.90. The Labute approximate surface area is 173 Å². The summed E-state index contributed by atoms with van der Waals surface area (Å²) in [5, 5.41) is 17.3. The van der Waals surface area contributed by atoms with Crippen LogP contribution in [0.1, 0.15) is 36.4 Å². The highest BCUT2D eigenvalue weighted by molar-refractivity contribution is 7.71. The second-order valence-electron chi connectivity index (χ2n) is 6.87. The van der Waals surface area contributed by atoms with Crippen LogP contribution in [0.5, 0.6) is 5.88 Å². The van der Waals surface area contributed by atoms with Crippen molar-refractivity contribution in [2.45, 2.75) is 25.3 Å². The van der Waals surface area contributed by atoms with Crippen molar-refractivity contribution in [2.75, 3.05) is 6.54 Å². The predicted octanol–water partition coefficient (Wildman–Crippen LogP) is 3.56. The first kappa shape index (κ1) is 19.1. The molecule has 0 aliphatic carbocycles. The van der Waals surface area contributed by atoms with Crippen LogP contribution in [0.3, 0.4) is 0 Å². The molecular weight excluding hydrogens is 386 g/mol. The maximum absolute atomic E-state index is 12.5. The highest BCUT2D eigenvalue weighted by Gasteiger charge is 2.23.